The molecule has 0 heterocycles. The van der Waals surface area contributed by atoms with Crippen molar-refractivity contribution >= 4 is 16.0 Å². The van der Waals surface area contributed by atoms with Gasteiger partial charge in [-0.05, 0) is 10.9 Å². The van der Waals surface area contributed by atoms with Gasteiger partial charge >= 0.3 is 63.0 Å². The molecule has 39 heavy (non-hydrogen) atoms. The van der Waals surface area contributed by atoms with Crippen LogP contribution in [0.1, 0.15) is 13.3 Å². The van der Waals surface area contributed by atoms with E-state index in [0.29, 0.717) is 0 Å². The Labute approximate surface area is 204 Å². The summed E-state index contributed by atoms with van der Waals surface area (Å²) in [6.07, 6.45) is -10.7. The third-order valence-electron chi connectivity index (χ3n) is 4.53. The standard InChI is InChI=1S/C15H11F18NO4S/c1-3-6(38-7(35)4-2)5-34(33)39(36,37)15(31,32)13(26,27)11(22,23)9(18,19)8(16,17)10(20,21)12(24,25)14(28,29)30/h4,6H,2-3,5H2,1H3. The summed E-state index contributed by atoms with van der Waals surface area (Å²) in [4.78, 5) is 11.0. The summed E-state index contributed by atoms with van der Waals surface area (Å²) in [5, 5.41) is -8.06. The lowest BCUT2D eigenvalue weighted by molar-refractivity contribution is -0.458. The molecule has 1 unspecified atom stereocenters. The van der Waals surface area contributed by atoms with Gasteiger partial charge in [-0.3, -0.25) is 0 Å². The van der Waals surface area contributed by atoms with E-state index >= 15 is 0 Å². The quantitative estimate of drug-likeness (QED) is 0.107. The smallest absolute Gasteiger partial charge is 0.458 e. The lowest BCUT2D eigenvalue weighted by Crippen LogP contribution is -2.75. The molecule has 0 rings (SSSR count). The van der Waals surface area contributed by atoms with Gasteiger partial charge in [0.05, 0.1) is 6.54 Å². The van der Waals surface area contributed by atoms with Crippen molar-refractivity contribution in [2.75, 3.05) is 6.54 Å². The largest absolute Gasteiger partial charge is 0.460 e. The van der Waals surface area contributed by atoms with Crippen molar-refractivity contribution in [1.82, 2.24) is 4.53 Å². The van der Waals surface area contributed by atoms with Gasteiger partial charge in [-0.25, -0.2) is 13.2 Å². The first-order valence-corrected chi connectivity index (χ1v) is 10.5. The SMILES string of the molecule is C=CC(=O)OC(CC)CN(F)S(=O)(=O)C(F)(F)C(F)(F)C(F)(F)C(F)(F)C(F)(F)C(F)(F)C(F)(F)C(F)(F)F. The molecule has 24 heteroatoms. The summed E-state index contributed by atoms with van der Waals surface area (Å²) in [7, 11) is -8.13. The Kier molecular flexibility index (Phi) is 9.79. The van der Waals surface area contributed by atoms with Crippen molar-refractivity contribution in [3.05, 3.63) is 12.7 Å². The van der Waals surface area contributed by atoms with Crippen molar-refractivity contribution in [3.63, 3.8) is 0 Å². The fraction of sp³-hybridized carbons (Fsp3) is 0.800. The zero-order valence-electron chi connectivity index (χ0n) is 18.1. The molecule has 0 spiro atoms. The van der Waals surface area contributed by atoms with Crippen LogP contribution in [-0.2, 0) is 19.6 Å². The average molecular weight is 643 g/mol. The maximum Gasteiger partial charge on any atom is 0.460 e. The van der Waals surface area contributed by atoms with E-state index in [1.807, 2.05) is 0 Å². The number of ether oxygens (including phenoxy) is 1. The Morgan fingerprint density at radius 3 is 1.38 bits per heavy atom. The second kappa shape index (κ2) is 10.4. The third kappa shape index (κ3) is 5.33. The molecule has 0 radical (unpaired) electrons. The van der Waals surface area contributed by atoms with E-state index in [2.05, 4.69) is 11.3 Å². The molecule has 0 N–H and O–H groups in total. The van der Waals surface area contributed by atoms with Crippen molar-refractivity contribution in [2.24, 2.45) is 0 Å². The van der Waals surface area contributed by atoms with E-state index in [4.69, 9.17) is 0 Å². The fourth-order valence-corrected chi connectivity index (χ4v) is 3.22. The van der Waals surface area contributed by atoms with Gasteiger partial charge in [0, 0.05) is 6.08 Å². The van der Waals surface area contributed by atoms with E-state index in [9.17, 15) is 92.3 Å². The first-order chi connectivity index (χ1) is 16.8. The monoisotopic (exact) mass is 643 g/mol. The first-order valence-electron chi connectivity index (χ1n) is 9.03. The number of nitrogens with zero attached hydrogens (tertiary/aromatic N) is 1. The molecule has 5 nitrogen and oxygen atoms in total. The summed E-state index contributed by atoms with van der Waals surface area (Å²) in [5.74, 6) is -54.3. The van der Waals surface area contributed by atoms with E-state index in [1.165, 1.54) is 0 Å². The number of esters is 1. The minimum atomic E-state index is -9.03. The number of halogens is 18. The highest BCUT2D eigenvalue weighted by Gasteiger charge is 2.96. The van der Waals surface area contributed by atoms with Crippen LogP contribution in [0, 0.1) is 0 Å². The van der Waals surface area contributed by atoms with E-state index < -0.39 is 86.6 Å². The minimum absolute atomic E-state index is 0.281. The maximum atomic E-state index is 13.9. The highest BCUT2D eigenvalue weighted by molar-refractivity contribution is 7.90. The molecule has 0 aromatic rings. The van der Waals surface area contributed by atoms with Gasteiger partial charge in [0.15, 0.2) is 0 Å². The number of carbonyl (C=O) groups excluding carboxylic acids is 1. The van der Waals surface area contributed by atoms with E-state index in [-0.39, 0.29) is 6.08 Å². The molecule has 1 atom stereocenters. The van der Waals surface area contributed by atoms with Crippen LogP contribution in [0.2, 0.25) is 0 Å². The van der Waals surface area contributed by atoms with Crippen LogP contribution >= 0.6 is 0 Å². The molecule has 0 aliphatic heterocycles. The molecular formula is C15H11F18NO4S. The lowest BCUT2D eigenvalue weighted by Gasteiger charge is -2.42. The van der Waals surface area contributed by atoms with Gasteiger partial charge in [-0.15, -0.1) is 4.48 Å². The lowest BCUT2D eigenvalue weighted by atomic mass is 9.91. The van der Waals surface area contributed by atoms with E-state index in [1.54, 1.807) is 0 Å². The normalized spacial score (nSPS) is 16.3. The predicted molar refractivity (Wildman–Crippen MR) is 87.8 cm³/mol. The summed E-state index contributed by atoms with van der Waals surface area (Å²) in [6, 6.07) is 0. The zero-order valence-corrected chi connectivity index (χ0v) is 18.9. The molecular weight excluding hydrogens is 632 g/mol. The van der Waals surface area contributed by atoms with Crippen molar-refractivity contribution in [2.45, 2.75) is 66.4 Å². The van der Waals surface area contributed by atoms with Crippen LogP contribution in [-0.4, -0.2) is 78.5 Å². The Hall–Kier alpha value is -2.14. The molecule has 0 aromatic heterocycles. The first kappa shape index (κ1) is 36.9. The summed E-state index contributed by atoms with van der Waals surface area (Å²) >= 11 is 0. The molecule has 0 saturated carbocycles. The van der Waals surface area contributed by atoms with Crippen LogP contribution in [0.15, 0.2) is 12.7 Å². The molecule has 0 aromatic carbocycles. The van der Waals surface area contributed by atoms with E-state index in [0.717, 1.165) is 6.92 Å². The Morgan fingerprint density at radius 1 is 0.744 bits per heavy atom. The Bertz CT molecular complexity index is 1020. The molecule has 0 amide bonds. The molecule has 0 fully saturated rings. The highest BCUT2D eigenvalue weighted by atomic mass is 32.2. The minimum Gasteiger partial charge on any atom is -0.458 e. The second-order valence-electron chi connectivity index (χ2n) is 7.11. The number of rotatable bonds is 13. The number of hydrogen-bond acceptors (Lipinski definition) is 4. The van der Waals surface area contributed by atoms with Gasteiger partial charge in [-0.1, -0.05) is 13.5 Å². The van der Waals surface area contributed by atoms with Crippen LogP contribution in [0.25, 0.3) is 0 Å². The van der Waals surface area contributed by atoms with Crippen LogP contribution in [0.4, 0.5) is 79.1 Å². The van der Waals surface area contributed by atoms with Crippen LogP contribution < -0.4 is 0 Å². The number of hydrogen-bond donors (Lipinski definition) is 0. The van der Waals surface area contributed by atoms with Crippen molar-refractivity contribution in [1.29, 1.82) is 0 Å². The predicted octanol–water partition coefficient (Wildman–Crippen LogP) is 5.98. The average Bonchev–Trinajstić information content (AvgIpc) is 2.76. The Balaban J connectivity index is 6.83. The molecule has 232 valence electrons. The number of alkyl halides is 17. The van der Waals surface area contributed by atoms with Gasteiger partial charge in [-0.2, -0.15) is 74.6 Å². The maximum absolute atomic E-state index is 13.9. The van der Waals surface area contributed by atoms with Crippen LogP contribution in [0.5, 0.6) is 0 Å². The van der Waals surface area contributed by atoms with Gasteiger partial charge in [0.25, 0.3) is 0 Å². The second-order valence-corrected chi connectivity index (χ2v) is 8.97. The molecule has 0 saturated heterocycles. The summed E-state index contributed by atoms with van der Waals surface area (Å²) < 4.78 is 263. The van der Waals surface area contributed by atoms with Gasteiger partial charge < -0.3 is 4.74 Å². The van der Waals surface area contributed by atoms with Crippen molar-refractivity contribution < 1.29 is 97.1 Å². The Morgan fingerprint density at radius 2 is 1.08 bits per heavy atom. The third-order valence-corrected chi connectivity index (χ3v) is 6.11. The fourth-order valence-electron chi connectivity index (χ4n) is 2.16. The molecule has 0 aliphatic carbocycles. The van der Waals surface area contributed by atoms with Gasteiger partial charge in [0.1, 0.15) is 6.10 Å². The molecule has 0 aliphatic rings. The highest BCUT2D eigenvalue weighted by Crippen LogP contribution is 2.64. The topological polar surface area (TPSA) is 63.7 Å². The number of sulfonamides is 1. The molecule has 0 bridgehead atoms. The summed E-state index contributed by atoms with van der Waals surface area (Å²) in [5.41, 5.74) is 0. The van der Waals surface area contributed by atoms with Crippen LogP contribution in [0.3, 0.4) is 0 Å². The van der Waals surface area contributed by atoms with Gasteiger partial charge in [0.2, 0.25) is 0 Å². The zero-order chi connectivity index (χ0) is 32.1. The summed E-state index contributed by atoms with van der Waals surface area (Å²) in [6.45, 7) is 1.32. The number of carbonyl (C=O) groups is 1. The van der Waals surface area contributed by atoms with Crippen molar-refractivity contribution in [3.8, 4) is 0 Å².